The van der Waals surface area contributed by atoms with Crippen molar-refractivity contribution < 1.29 is 23.5 Å². The summed E-state index contributed by atoms with van der Waals surface area (Å²) in [6.07, 6.45) is 9.20. The Morgan fingerprint density at radius 2 is 1.43 bits per heavy atom. The number of furan rings is 2. The zero-order valence-electron chi connectivity index (χ0n) is 27.2. The highest BCUT2D eigenvalue weighted by molar-refractivity contribution is 6.29. The van der Waals surface area contributed by atoms with E-state index in [0.29, 0.717) is 60.1 Å². The van der Waals surface area contributed by atoms with Gasteiger partial charge in [-0.15, -0.1) is 0 Å². The van der Waals surface area contributed by atoms with E-state index in [2.05, 4.69) is 24.7 Å². The number of amidine groups is 1. The van der Waals surface area contributed by atoms with E-state index < -0.39 is 9.85 Å². The molecule has 0 aliphatic rings. The van der Waals surface area contributed by atoms with Gasteiger partial charge < -0.3 is 24.0 Å². The lowest BCUT2D eigenvalue weighted by Gasteiger charge is -2.23. The molecule has 0 atom stereocenters. The fraction of sp³-hybridized carbons (Fsp3) is 0.250. The highest BCUT2D eigenvalue weighted by atomic mass is 35.5. The van der Waals surface area contributed by atoms with Crippen LogP contribution in [0.4, 0.5) is 0 Å². The number of pyridine rings is 2. The van der Waals surface area contributed by atoms with E-state index >= 15 is 0 Å². The number of aldehydes is 1. The smallest absolute Gasteiger partial charge is 0.314 e. The maximum absolute atomic E-state index is 11.5. The minimum absolute atomic E-state index is 0.128. The lowest BCUT2D eigenvalue weighted by molar-refractivity contribution is -0.414. The van der Waals surface area contributed by atoms with Crippen LogP contribution >= 0.6 is 23.2 Å². The number of likely N-dealkylation sites (N-methyl/N-ethyl adjacent to an activating group) is 1. The van der Waals surface area contributed by atoms with Crippen molar-refractivity contribution >= 4 is 41.4 Å². The van der Waals surface area contributed by atoms with Crippen molar-refractivity contribution in [2.24, 2.45) is 4.99 Å². The Labute approximate surface area is 292 Å². The number of nitrogens with zero attached hydrogens (tertiary/aromatic N) is 7. The predicted octanol–water partition coefficient (Wildman–Crippen LogP) is 6.44. The third-order valence-electron chi connectivity index (χ3n) is 6.33. The quantitative estimate of drug-likeness (QED) is 0.0399. The standard InChI is InChI=1S/C16H17ClN4O3.C11H15ClN4O2.C5H4O2/c1-3-20(11-12-6-7-15(17)19-10-12)16(18-2)14(21(22)23)9-13-5-4-8-24-13;1-3-15(11(13-2)8-16(17)18)7-9-4-5-10(12)14-6-9;6-4-5-2-1-3-7-5/h4-10H,3,11H2,1-2H3;4-6,8,13H,3,7H2,1-2H3;1-4H/b14-9+,18-16?;11-8+;. The number of halogens is 2. The molecule has 0 saturated heterocycles. The van der Waals surface area contributed by atoms with Gasteiger partial charge in [-0.1, -0.05) is 35.3 Å². The molecule has 4 heterocycles. The zero-order valence-corrected chi connectivity index (χ0v) is 28.7. The number of aromatic nitrogens is 2. The maximum atomic E-state index is 11.5. The molecule has 15 nitrogen and oxygen atoms in total. The summed E-state index contributed by atoms with van der Waals surface area (Å²) >= 11 is 11.5. The lowest BCUT2D eigenvalue weighted by atomic mass is 10.2. The fourth-order valence-electron chi connectivity index (χ4n) is 4.03. The number of carbonyl (C=O) groups is 1. The molecule has 4 aromatic rings. The summed E-state index contributed by atoms with van der Waals surface area (Å²) in [7, 11) is 3.18. The summed E-state index contributed by atoms with van der Waals surface area (Å²) in [4.78, 5) is 46.6. The molecule has 260 valence electrons. The van der Waals surface area contributed by atoms with E-state index in [0.717, 1.165) is 17.3 Å². The third kappa shape index (κ3) is 14.0. The van der Waals surface area contributed by atoms with Crippen LogP contribution in [-0.2, 0) is 13.1 Å². The van der Waals surface area contributed by atoms with Gasteiger partial charge in [0.2, 0.25) is 5.84 Å². The van der Waals surface area contributed by atoms with Gasteiger partial charge in [-0.25, -0.2) is 9.97 Å². The molecule has 0 radical (unpaired) electrons. The summed E-state index contributed by atoms with van der Waals surface area (Å²) in [5, 5.41) is 25.7. The molecule has 0 aliphatic carbocycles. The number of nitrogens with one attached hydrogen (secondary N) is 1. The molecule has 0 aliphatic heterocycles. The minimum Gasteiger partial charge on any atom is -0.465 e. The number of hydrogen-bond donors (Lipinski definition) is 1. The molecule has 0 saturated carbocycles. The van der Waals surface area contributed by atoms with E-state index in [4.69, 9.17) is 27.6 Å². The molecular weight excluding hydrogens is 679 g/mol. The van der Waals surface area contributed by atoms with Gasteiger partial charge >= 0.3 is 5.70 Å². The van der Waals surface area contributed by atoms with Crippen molar-refractivity contribution in [3.05, 3.63) is 144 Å². The lowest BCUT2D eigenvalue weighted by Crippen LogP contribution is -2.34. The Morgan fingerprint density at radius 1 is 0.898 bits per heavy atom. The number of carbonyl (C=O) groups excluding carboxylic acids is 1. The van der Waals surface area contributed by atoms with Crippen molar-refractivity contribution in [2.45, 2.75) is 26.9 Å². The molecular formula is C32H36Cl2N8O7. The molecule has 4 aromatic heterocycles. The third-order valence-corrected chi connectivity index (χ3v) is 6.78. The summed E-state index contributed by atoms with van der Waals surface area (Å²) < 4.78 is 9.79. The molecule has 0 fully saturated rings. The minimum atomic E-state index is -0.478. The first-order valence-electron chi connectivity index (χ1n) is 14.6. The van der Waals surface area contributed by atoms with E-state index in [1.165, 1.54) is 25.7 Å². The Hall–Kier alpha value is -5.54. The first kappa shape index (κ1) is 39.6. The normalized spacial score (nSPS) is 11.3. The van der Waals surface area contributed by atoms with Crippen molar-refractivity contribution in [3.63, 3.8) is 0 Å². The molecule has 4 rings (SSSR count). The van der Waals surface area contributed by atoms with Crippen LogP contribution in [0.25, 0.3) is 6.08 Å². The van der Waals surface area contributed by atoms with E-state index in [-0.39, 0.29) is 11.5 Å². The molecule has 49 heavy (non-hydrogen) atoms. The van der Waals surface area contributed by atoms with Crippen LogP contribution in [-0.4, -0.2) is 68.9 Å². The molecule has 0 unspecified atom stereocenters. The Bertz CT molecular complexity index is 1680. The highest BCUT2D eigenvalue weighted by Crippen LogP contribution is 2.16. The van der Waals surface area contributed by atoms with Crippen molar-refractivity contribution in [3.8, 4) is 0 Å². The largest absolute Gasteiger partial charge is 0.465 e. The monoisotopic (exact) mass is 714 g/mol. The van der Waals surface area contributed by atoms with Crippen LogP contribution in [0.15, 0.2) is 105 Å². The average molecular weight is 716 g/mol. The van der Waals surface area contributed by atoms with E-state index in [1.807, 2.05) is 30.9 Å². The first-order chi connectivity index (χ1) is 23.5. The number of hydrogen-bond acceptors (Lipinski definition) is 12. The molecule has 0 bridgehead atoms. The Morgan fingerprint density at radius 3 is 1.78 bits per heavy atom. The van der Waals surface area contributed by atoms with Crippen LogP contribution in [0.1, 0.15) is 41.3 Å². The van der Waals surface area contributed by atoms with Gasteiger partial charge in [0.1, 0.15) is 16.1 Å². The molecule has 0 spiro atoms. The highest BCUT2D eigenvalue weighted by Gasteiger charge is 2.25. The number of nitro groups is 2. The second-order valence-electron chi connectivity index (χ2n) is 9.54. The maximum Gasteiger partial charge on any atom is 0.314 e. The van der Waals surface area contributed by atoms with Crippen LogP contribution in [0.2, 0.25) is 10.3 Å². The second kappa shape index (κ2) is 21.4. The van der Waals surface area contributed by atoms with Crippen molar-refractivity contribution in [1.29, 1.82) is 0 Å². The Kier molecular flexibility index (Phi) is 17.3. The molecule has 1 N–H and O–H groups in total. The van der Waals surface area contributed by atoms with Gasteiger partial charge in [0.05, 0.1) is 28.4 Å². The van der Waals surface area contributed by atoms with Crippen LogP contribution in [0, 0.1) is 20.2 Å². The molecule has 0 aromatic carbocycles. The van der Waals surface area contributed by atoms with Crippen molar-refractivity contribution in [1.82, 2.24) is 25.1 Å². The summed E-state index contributed by atoms with van der Waals surface area (Å²) in [5.41, 5.74) is 1.69. The fourth-order valence-corrected chi connectivity index (χ4v) is 4.26. The number of rotatable bonds is 13. The average Bonchev–Trinajstić information content (AvgIpc) is 3.83. The topological polar surface area (TPSA) is 186 Å². The summed E-state index contributed by atoms with van der Waals surface area (Å²) in [6, 6.07) is 13.6. The Balaban J connectivity index is 0.000000291. The van der Waals surface area contributed by atoms with Crippen LogP contribution in [0.3, 0.4) is 0 Å². The second-order valence-corrected chi connectivity index (χ2v) is 10.3. The predicted molar refractivity (Wildman–Crippen MR) is 186 cm³/mol. The van der Waals surface area contributed by atoms with Crippen molar-refractivity contribution in [2.75, 3.05) is 27.2 Å². The van der Waals surface area contributed by atoms with Gasteiger partial charge in [0.25, 0.3) is 6.20 Å². The van der Waals surface area contributed by atoms with E-state index in [9.17, 15) is 25.0 Å². The van der Waals surface area contributed by atoms with Gasteiger partial charge in [-0.3, -0.25) is 30.0 Å². The van der Waals surface area contributed by atoms with E-state index in [1.54, 1.807) is 60.7 Å². The summed E-state index contributed by atoms with van der Waals surface area (Å²) in [6.45, 7) is 5.97. The number of aliphatic imine (C=N–C) groups is 1. The van der Waals surface area contributed by atoms with Gasteiger partial charge in [0.15, 0.2) is 17.9 Å². The van der Waals surface area contributed by atoms with Gasteiger partial charge in [-0.2, -0.15) is 0 Å². The van der Waals surface area contributed by atoms with Crippen LogP contribution < -0.4 is 5.32 Å². The SMILES string of the molecule is CCN(Cc1ccc(Cl)nc1)/C(=C/[N+](=O)[O-])NC.CCN(Cc1ccc(Cl)nc1)C(=NC)/C(=C\c1ccco1)[N+](=O)[O-].O=Cc1ccco1. The zero-order chi connectivity index (χ0) is 36.2. The van der Waals surface area contributed by atoms with Gasteiger partial charge in [-0.05, 0) is 61.4 Å². The molecule has 0 amide bonds. The van der Waals surface area contributed by atoms with Gasteiger partial charge in [0, 0.05) is 52.7 Å². The summed E-state index contributed by atoms with van der Waals surface area (Å²) in [5.74, 6) is 1.50. The molecule has 17 heteroatoms. The first-order valence-corrected chi connectivity index (χ1v) is 15.4. The van der Waals surface area contributed by atoms with Crippen LogP contribution in [0.5, 0.6) is 0 Å².